The molecular weight excluding hydrogens is 316 g/mol. The number of aryl methyl sites for hydroxylation is 2. The molecule has 2 rings (SSSR count). The second-order valence-electron chi connectivity index (χ2n) is 7.29. The van der Waals surface area contributed by atoms with E-state index in [1.807, 2.05) is 20.8 Å². The van der Waals surface area contributed by atoms with E-state index in [-0.39, 0.29) is 16.2 Å². The maximum atomic E-state index is 12.8. The van der Waals surface area contributed by atoms with Crippen LogP contribution in [0.1, 0.15) is 38.6 Å². The van der Waals surface area contributed by atoms with Crippen LogP contribution in [0.25, 0.3) is 0 Å². The standard InChI is InChI=1S/C15H26N4O3S/c1-11-14(12(2)17-16-11)23(21,22)19-8-6-18(7-9-19)13(20)10-15(3,4)5/h6-10H2,1-5H3,(H,16,17). The molecular formula is C15H26N4O3S. The Hall–Kier alpha value is -1.41. The molecule has 1 N–H and O–H groups in total. The molecule has 0 bridgehead atoms. The van der Waals surface area contributed by atoms with Crippen LogP contribution in [-0.4, -0.2) is 59.9 Å². The number of sulfonamides is 1. The van der Waals surface area contributed by atoms with Crippen molar-refractivity contribution in [1.82, 2.24) is 19.4 Å². The lowest BCUT2D eigenvalue weighted by Gasteiger charge is -2.35. The number of carbonyl (C=O) groups is 1. The summed E-state index contributed by atoms with van der Waals surface area (Å²) in [6.07, 6.45) is 0.472. The summed E-state index contributed by atoms with van der Waals surface area (Å²) in [6.45, 7) is 11.0. The Morgan fingerprint density at radius 1 is 1.17 bits per heavy atom. The fourth-order valence-corrected chi connectivity index (χ4v) is 4.55. The Balaban J connectivity index is 2.06. The minimum atomic E-state index is -3.56. The van der Waals surface area contributed by atoms with Crippen molar-refractivity contribution in [1.29, 1.82) is 0 Å². The third kappa shape index (κ3) is 3.92. The number of hydrogen-bond donors (Lipinski definition) is 1. The van der Waals surface area contributed by atoms with Crippen molar-refractivity contribution in [3.8, 4) is 0 Å². The zero-order valence-electron chi connectivity index (χ0n) is 14.5. The van der Waals surface area contributed by atoms with E-state index in [2.05, 4.69) is 10.2 Å². The predicted molar refractivity (Wildman–Crippen MR) is 87.5 cm³/mol. The second kappa shape index (κ2) is 6.24. The third-order valence-corrected chi connectivity index (χ3v) is 6.09. The van der Waals surface area contributed by atoms with Crippen LogP contribution >= 0.6 is 0 Å². The van der Waals surface area contributed by atoms with Crippen LogP contribution in [0.4, 0.5) is 0 Å². The van der Waals surface area contributed by atoms with Crippen LogP contribution in [0.2, 0.25) is 0 Å². The number of H-pyrrole nitrogens is 1. The number of nitrogens with zero attached hydrogens (tertiary/aromatic N) is 3. The molecule has 0 saturated carbocycles. The quantitative estimate of drug-likeness (QED) is 0.897. The Morgan fingerprint density at radius 2 is 1.74 bits per heavy atom. The van der Waals surface area contributed by atoms with E-state index in [9.17, 15) is 13.2 Å². The van der Waals surface area contributed by atoms with E-state index in [0.717, 1.165) is 0 Å². The molecule has 23 heavy (non-hydrogen) atoms. The number of aromatic amines is 1. The van der Waals surface area contributed by atoms with Crippen molar-refractivity contribution < 1.29 is 13.2 Å². The lowest BCUT2D eigenvalue weighted by Crippen LogP contribution is -2.51. The van der Waals surface area contributed by atoms with Crippen molar-refractivity contribution in [3.05, 3.63) is 11.4 Å². The fraction of sp³-hybridized carbons (Fsp3) is 0.733. The first-order valence-corrected chi connectivity index (χ1v) is 9.26. The van der Waals surface area contributed by atoms with Crippen LogP contribution < -0.4 is 0 Å². The van der Waals surface area contributed by atoms with E-state index < -0.39 is 10.0 Å². The lowest BCUT2D eigenvalue weighted by molar-refractivity contribution is -0.134. The Morgan fingerprint density at radius 3 is 2.17 bits per heavy atom. The number of piperazine rings is 1. The molecule has 0 radical (unpaired) electrons. The van der Waals surface area contributed by atoms with Gasteiger partial charge >= 0.3 is 0 Å². The Labute approximate surface area is 138 Å². The fourth-order valence-electron chi connectivity index (χ4n) is 2.79. The van der Waals surface area contributed by atoms with Gasteiger partial charge < -0.3 is 4.90 Å². The maximum Gasteiger partial charge on any atom is 0.246 e. The van der Waals surface area contributed by atoms with Crippen LogP contribution in [0.3, 0.4) is 0 Å². The van der Waals surface area contributed by atoms with Crippen molar-refractivity contribution >= 4 is 15.9 Å². The molecule has 2 heterocycles. The first-order chi connectivity index (χ1) is 10.5. The average Bonchev–Trinajstić information content (AvgIpc) is 2.77. The molecule has 0 spiro atoms. The lowest BCUT2D eigenvalue weighted by atomic mass is 9.91. The monoisotopic (exact) mass is 342 g/mol. The molecule has 1 fully saturated rings. The highest BCUT2D eigenvalue weighted by atomic mass is 32.2. The first kappa shape index (κ1) is 17.9. The zero-order valence-corrected chi connectivity index (χ0v) is 15.3. The molecule has 1 aliphatic rings. The van der Waals surface area contributed by atoms with Gasteiger partial charge in [-0.1, -0.05) is 20.8 Å². The third-order valence-electron chi connectivity index (χ3n) is 3.93. The molecule has 8 heteroatoms. The van der Waals surface area contributed by atoms with Crippen LogP contribution in [0, 0.1) is 19.3 Å². The van der Waals surface area contributed by atoms with E-state index in [0.29, 0.717) is 44.0 Å². The van der Waals surface area contributed by atoms with Gasteiger partial charge in [-0.25, -0.2) is 8.42 Å². The summed E-state index contributed by atoms with van der Waals surface area (Å²) in [5.41, 5.74) is 0.966. The van der Waals surface area contributed by atoms with Gasteiger partial charge in [-0.2, -0.15) is 9.40 Å². The summed E-state index contributed by atoms with van der Waals surface area (Å²) in [5.74, 6) is 0.0882. The smallest absolute Gasteiger partial charge is 0.246 e. The second-order valence-corrected chi connectivity index (χ2v) is 9.16. The SMILES string of the molecule is Cc1n[nH]c(C)c1S(=O)(=O)N1CCN(C(=O)CC(C)(C)C)CC1. The maximum absolute atomic E-state index is 12.8. The highest BCUT2D eigenvalue weighted by Gasteiger charge is 2.33. The van der Waals surface area contributed by atoms with E-state index >= 15 is 0 Å². The van der Waals surface area contributed by atoms with Gasteiger partial charge in [-0.15, -0.1) is 0 Å². The van der Waals surface area contributed by atoms with Gasteiger partial charge in [0.15, 0.2) is 0 Å². The van der Waals surface area contributed by atoms with Crippen LogP contribution in [-0.2, 0) is 14.8 Å². The summed E-state index contributed by atoms with van der Waals surface area (Å²) in [4.78, 5) is 14.3. The molecule has 1 aromatic rings. The van der Waals surface area contributed by atoms with Crippen molar-refractivity contribution in [2.45, 2.75) is 45.9 Å². The number of rotatable bonds is 3. The molecule has 0 aliphatic carbocycles. The van der Waals surface area contributed by atoms with Gasteiger partial charge in [-0.3, -0.25) is 9.89 Å². The molecule has 1 amide bonds. The van der Waals surface area contributed by atoms with Gasteiger partial charge in [0.25, 0.3) is 0 Å². The molecule has 1 aromatic heterocycles. The number of aromatic nitrogens is 2. The Bertz CT molecular complexity index is 661. The van der Waals surface area contributed by atoms with Crippen LogP contribution in [0.5, 0.6) is 0 Å². The number of nitrogens with one attached hydrogen (secondary N) is 1. The van der Waals surface area contributed by atoms with E-state index in [4.69, 9.17) is 0 Å². The Kier molecular flexibility index (Phi) is 4.86. The van der Waals surface area contributed by atoms with E-state index in [1.54, 1.807) is 18.7 Å². The number of amides is 1. The number of hydrogen-bond acceptors (Lipinski definition) is 4. The van der Waals surface area contributed by atoms with Crippen molar-refractivity contribution in [3.63, 3.8) is 0 Å². The van der Waals surface area contributed by atoms with Gasteiger partial charge in [0, 0.05) is 32.6 Å². The molecule has 1 saturated heterocycles. The van der Waals surface area contributed by atoms with Gasteiger partial charge in [0.2, 0.25) is 15.9 Å². The topological polar surface area (TPSA) is 86.4 Å². The normalized spacial score (nSPS) is 17.5. The summed E-state index contributed by atoms with van der Waals surface area (Å²) in [6, 6.07) is 0. The molecule has 1 aliphatic heterocycles. The van der Waals surface area contributed by atoms with Crippen LogP contribution in [0.15, 0.2) is 4.90 Å². The first-order valence-electron chi connectivity index (χ1n) is 7.82. The van der Waals surface area contributed by atoms with Gasteiger partial charge in [-0.05, 0) is 19.3 Å². The summed E-state index contributed by atoms with van der Waals surface area (Å²) in [7, 11) is -3.56. The molecule has 0 unspecified atom stereocenters. The van der Waals surface area contributed by atoms with Gasteiger partial charge in [0.1, 0.15) is 4.90 Å². The summed E-state index contributed by atoms with van der Waals surface area (Å²) < 4.78 is 27.0. The highest BCUT2D eigenvalue weighted by molar-refractivity contribution is 7.89. The average molecular weight is 342 g/mol. The van der Waals surface area contributed by atoms with Gasteiger partial charge in [0.05, 0.1) is 11.4 Å². The molecule has 0 atom stereocenters. The minimum absolute atomic E-state index is 0.0642. The largest absolute Gasteiger partial charge is 0.340 e. The summed E-state index contributed by atoms with van der Waals surface area (Å²) in [5, 5.41) is 6.68. The molecule has 130 valence electrons. The molecule has 7 nitrogen and oxygen atoms in total. The zero-order chi connectivity index (χ0) is 17.4. The highest BCUT2D eigenvalue weighted by Crippen LogP contribution is 2.24. The van der Waals surface area contributed by atoms with E-state index in [1.165, 1.54) is 4.31 Å². The molecule has 0 aromatic carbocycles. The minimum Gasteiger partial charge on any atom is -0.340 e. The van der Waals surface area contributed by atoms with Crippen molar-refractivity contribution in [2.75, 3.05) is 26.2 Å². The predicted octanol–water partition coefficient (Wildman–Crippen LogP) is 1.30. The number of carbonyl (C=O) groups excluding carboxylic acids is 1. The summed E-state index contributed by atoms with van der Waals surface area (Å²) >= 11 is 0. The van der Waals surface area contributed by atoms with Crippen molar-refractivity contribution in [2.24, 2.45) is 5.41 Å².